The van der Waals surface area contributed by atoms with E-state index in [1.54, 1.807) is 0 Å². The smallest absolute Gasteiger partial charge is 0.336 e. The molecule has 38 heavy (non-hydrogen) atoms. The fraction of sp³-hybridized carbons (Fsp3) is 0.344. The van der Waals surface area contributed by atoms with Crippen molar-refractivity contribution < 1.29 is 23.4 Å². The molecular weight excluding hydrogens is 492 g/mol. The summed E-state index contributed by atoms with van der Waals surface area (Å²) in [4.78, 5) is 13.0. The van der Waals surface area contributed by atoms with Crippen molar-refractivity contribution >= 4 is 24.7 Å². The predicted molar refractivity (Wildman–Crippen MR) is 153 cm³/mol. The molecule has 2 atom stereocenters. The number of hydrogen-bond acceptors (Lipinski definition) is 5. The van der Waals surface area contributed by atoms with E-state index in [1.807, 2.05) is 54.6 Å². The highest BCUT2D eigenvalue weighted by Crippen LogP contribution is 2.37. The van der Waals surface area contributed by atoms with E-state index >= 15 is 0 Å². The molecule has 0 radical (unpaired) electrons. The number of ether oxygens (including phenoxy) is 3. The summed E-state index contributed by atoms with van der Waals surface area (Å²) >= 11 is 0. The molecule has 0 aromatic heterocycles. The van der Waals surface area contributed by atoms with Crippen LogP contribution in [0, 0.1) is 0 Å². The summed E-state index contributed by atoms with van der Waals surface area (Å²) in [6.07, 6.45) is 3.97. The molecule has 1 aliphatic heterocycles. The van der Waals surface area contributed by atoms with Crippen LogP contribution in [0.3, 0.4) is 0 Å². The average molecular weight is 531 g/mol. The van der Waals surface area contributed by atoms with Gasteiger partial charge in [0.05, 0.1) is 13.2 Å². The van der Waals surface area contributed by atoms with Gasteiger partial charge in [-0.25, -0.2) is 4.79 Å². The monoisotopic (exact) mass is 530 g/mol. The maximum Gasteiger partial charge on any atom is 0.336 e. The molecule has 0 aliphatic carbocycles. The van der Waals surface area contributed by atoms with Crippen molar-refractivity contribution in [3.8, 4) is 0 Å². The van der Waals surface area contributed by atoms with Crippen LogP contribution in [0.1, 0.15) is 39.2 Å². The quantitative estimate of drug-likeness (QED) is 0.116. The second kappa shape index (κ2) is 13.2. The standard InChI is InChI=1S/C32H38O5Si/c1-32(2,3)38(28-18-9-5-10-19-28,29-20-11-6-12-21-29)36-24-27-17-13-14-22-30(31(33)37-27)35-25-34-23-26-15-7-4-8-16-26/h4-16,18-21,27,30H,17,22-25H2,1-3H3/b14-13-/t27-,30-/m1/s1. The van der Waals surface area contributed by atoms with Gasteiger partial charge in [0.2, 0.25) is 0 Å². The Kier molecular flexibility index (Phi) is 9.69. The van der Waals surface area contributed by atoms with Crippen molar-refractivity contribution in [2.45, 2.75) is 57.5 Å². The van der Waals surface area contributed by atoms with Crippen LogP contribution in [-0.2, 0) is 30.0 Å². The third-order valence-corrected chi connectivity index (χ3v) is 11.8. The number of esters is 1. The lowest BCUT2D eigenvalue weighted by atomic mass is 10.1. The largest absolute Gasteiger partial charge is 0.458 e. The molecule has 1 aliphatic rings. The van der Waals surface area contributed by atoms with Gasteiger partial charge in [-0.1, -0.05) is 124 Å². The van der Waals surface area contributed by atoms with E-state index in [0.29, 0.717) is 26.1 Å². The van der Waals surface area contributed by atoms with Crippen LogP contribution in [0.4, 0.5) is 0 Å². The maximum absolute atomic E-state index is 13.0. The average Bonchev–Trinajstić information content (AvgIpc) is 2.92. The van der Waals surface area contributed by atoms with Gasteiger partial charge < -0.3 is 18.6 Å². The zero-order valence-corrected chi connectivity index (χ0v) is 23.5. The van der Waals surface area contributed by atoms with Crippen LogP contribution < -0.4 is 10.4 Å². The van der Waals surface area contributed by atoms with Crippen LogP contribution in [0.25, 0.3) is 0 Å². The normalized spacial score (nSPS) is 19.3. The van der Waals surface area contributed by atoms with E-state index < -0.39 is 20.5 Å². The molecule has 0 unspecified atom stereocenters. The van der Waals surface area contributed by atoms with Gasteiger partial charge >= 0.3 is 5.97 Å². The molecule has 1 heterocycles. The molecule has 0 N–H and O–H groups in total. The summed E-state index contributed by atoms with van der Waals surface area (Å²) in [7, 11) is -2.73. The zero-order valence-electron chi connectivity index (χ0n) is 22.5. The molecule has 0 spiro atoms. The third-order valence-electron chi connectivity index (χ3n) is 6.83. The van der Waals surface area contributed by atoms with Crippen LogP contribution in [-0.4, -0.2) is 39.9 Å². The number of hydrogen-bond donors (Lipinski definition) is 0. The van der Waals surface area contributed by atoms with E-state index in [1.165, 1.54) is 10.4 Å². The Hall–Kier alpha value is -3.03. The Morgan fingerprint density at radius 1 is 0.816 bits per heavy atom. The molecule has 4 rings (SSSR count). The van der Waals surface area contributed by atoms with E-state index in [4.69, 9.17) is 18.6 Å². The first kappa shape index (κ1) is 28.0. The number of carbonyl (C=O) groups excluding carboxylic acids is 1. The lowest BCUT2D eigenvalue weighted by Gasteiger charge is -2.43. The molecule has 0 saturated heterocycles. The lowest BCUT2D eigenvalue weighted by molar-refractivity contribution is -0.174. The van der Waals surface area contributed by atoms with Crippen molar-refractivity contribution in [3.63, 3.8) is 0 Å². The highest BCUT2D eigenvalue weighted by Gasteiger charge is 2.50. The van der Waals surface area contributed by atoms with Gasteiger partial charge in [-0.2, -0.15) is 0 Å². The number of benzene rings is 3. The fourth-order valence-electron chi connectivity index (χ4n) is 4.93. The minimum Gasteiger partial charge on any atom is -0.458 e. The highest BCUT2D eigenvalue weighted by molar-refractivity contribution is 6.99. The first-order chi connectivity index (χ1) is 18.4. The Balaban J connectivity index is 1.45. The van der Waals surface area contributed by atoms with Crippen molar-refractivity contribution in [3.05, 3.63) is 109 Å². The Bertz CT molecular complexity index is 1120. The van der Waals surface area contributed by atoms with Crippen molar-refractivity contribution in [2.24, 2.45) is 0 Å². The lowest BCUT2D eigenvalue weighted by Crippen LogP contribution is -2.67. The van der Waals surface area contributed by atoms with Crippen molar-refractivity contribution in [2.75, 3.05) is 13.4 Å². The van der Waals surface area contributed by atoms with E-state index in [2.05, 4.69) is 69.3 Å². The first-order valence-electron chi connectivity index (χ1n) is 13.2. The minimum atomic E-state index is -2.73. The molecule has 0 bridgehead atoms. The first-order valence-corrected chi connectivity index (χ1v) is 15.1. The van der Waals surface area contributed by atoms with Crippen LogP contribution in [0.2, 0.25) is 5.04 Å². The predicted octanol–water partition coefficient (Wildman–Crippen LogP) is 5.38. The van der Waals surface area contributed by atoms with Gasteiger partial charge in [-0.3, -0.25) is 0 Å². The van der Waals surface area contributed by atoms with Crippen molar-refractivity contribution in [1.29, 1.82) is 0 Å². The minimum absolute atomic E-state index is 0.0196. The van der Waals surface area contributed by atoms with Gasteiger partial charge in [0, 0.05) is 12.8 Å². The van der Waals surface area contributed by atoms with E-state index in [0.717, 1.165) is 5.56 Å². The van der Waals surface area contributed by atoms with Gasteiger partial charge in [0.25, 0.3) is 8.32 Å². The maximum atomic E-state index is 13.0. The van der Waals surface area contributed by atoms with Crippen LogP contribution >= 0.6 is 0 Å². The summed E-state index contributed by atoms with van der Waals surface area (Å²) in [5, 5.41) is 2.24. The number of rotatable bonds is 10. The van der Waals surface area contributed by atoms with Gasteiger partial charge in [-0.15, -0.1) is 0 Å². The Morgan fingerprint density at radius 2 is 1.37 bits per heavy atom. The van der Waals surface area contributed by atoms with Crippen molar-refractivity contribution in [1.82, 2.24) is 0 Å². The highest BCUT2D eigenvalue weighted by atomic mass is 28.4. The molecule has 0 fully saturated rings. The van der Waals surface area contributed by atoms with Gasteiger partial charge in [0.15, 0.2) is 6.10 Å². The third kappa shape index (κ3) is 6.88. The summed E-state index contributed by atoms with van der Waals surface area (Å²) in [5.74, 6) is -0.381. The molecule has 200 valence electrons. The molecule has 3 aromatic carbocycles. The number of cyclic esters (lactones) is 1. The number of carbonyl (C=O) groups is 1. The van der Waals surface area contributed by atoms with Crippen LogP contribution in [0.5, 0.6) is 0 Å². The topological polar surface area (TPSA) is 54.0 Å². The Labute approximate surface area is 227 Å². The zero-order chi connectivity index (χ0) is 26.8. The van der Waals surface area contributed by atoms with Crippen LogP contribution in [0.15, 0.2) is 103 Å². The molecular formula is C32H38O5Si. The van der Waals surface area contributed by atoms with Gasteiger partial charge in [0.1, 0.15) is 12.9 Å². The summed E-state index contributed by atoms with van der Waals surface area (Å²) in [6, 6.07) is 30.8. The summed E-state index contributed by atoms with van der Waals surface area (Å²) in [6.45, 7) is 7.47. The SMILES string of the molecule is CC(C)(C)[Si](OC[C@H]1C/C=C\C[C@@H](OCOCc2ccccc2)C(=O)O1)(c1ccccc1)c1ccccc1. The second-order valence-electron chi connectivity index (χ2n) is 10.6. The fourth-order valence-corrected chi connectivity index (χ4v) is 9.53. The van der Waals surface area contributed by atoms with E-state index in [9.17, 15) is 4.79 Å². The summed E-state index contributed by atoms with van der Waals surface area (Å²) < 4.78 is 24.3. The van der Waals surface area contributed by atoms with E-state index in [-0.39, 0.29) is 17.8 Å². The second-order valence-corrected chi connectivity index (χ2v) is 14.9. The molecule has 0 amide bonds. The van der Waals surface area contributed by atoms with Gasteiger partial charge in [-0.05, 0) is 21.0 Å². The molecule has 3 aromatic rings. The molecule has 0 saturated carbocycles. The molecule has 5 nitrogen and oxygen atoms in total. The molecule has 6 heteroatoms. The Morgan fingerprint density at radius 3 is 1.95 bits per heavy atom. The summed E-state index contributed by atoms with van der Waals surface area (Å²) in [5.41, 5.74) is 1.05.